The summed E-state index contributed by atoms with van der Waals surface area (Å²) in [4.78, 5) is 0.236. The summed E-state index contributed by atoms with van der Waals surface area (Å²) in [5, 5.41) is 0. The van der Waals surface area contributed by atoms with Gasteiger partial charge in [-0.25, -0.2) is 0 Å². The molecule has 0 radical (unpaired) electrons. The lowest BCUT2D eigenvalue weighted by atomic mass is 9.75. The fourth-order valence-electron chi connectivity index (χ4n) is 4.22. The van der Waals surface area contributed by atoms with Crippen molar-refractivity contribution in [3.63, 3.8) is 0 Å². The van der Waals surface area contributed by atoms with Crippen LogP contribution < -0.4 is 0 Å². The van der Waals surface area contributed by atoms with Gasteiger partial charge < -0.3 is 4.74 Å². The molecule has 0 amide bonds. The Kier molecular flexibility index (Phi) is 2.82. The van der Waals surface area contributed by atoms with Crippen molar-refractivity contribution in [3.8, 4) is 0 Å². The summed E-state index contributed by atoms with van der Waals surface area (Å²) < 4.78 is 35.6. The van der Waals surface area contributed by atoms with E-state index in [1.165, 1.54) is 6.42 Å². The SMILES string of the molecule is Cc1ccc(S(=O)(=O)OC[C@]2(C)C[C@H]3C[C@H]2[C@@H]2O[C@@H]32)cc1. The first-order valence-electron chi connectivity index (χ1n) is 7.51. The summed E-state index contributed by atoms with van der Waals surface area (Å²) in [7, 11) is -3.66. The van der Waals surface area contributed by atoms with Gasteiger partial charge in [-0.15, -0.1) is 0 Å². The van der Waals surface area contributed by atoms with Crippen molar-refractivity contribution in [1.29, 1.82) is 0 Å². The Hall–Kier alpha value is -0.910. The smallest absolute Gasteiger partial charge is 0.296 e. The van der Waals surface area contributed by atoms with Gasteiger partial charge in [-0.2, -0.15) is 8.42 Å². The molecule has 1 heterocycles. The van der Waals surface area contributed by atoms with Crippen molar-refractivity contribution in [3.05, 3.63) is 29.8 Å². The zero-order chi connectivity index (χ0) is 14.8. The molecule has 0 aromatic heterocycles. The third-order valence-electron chi connectivity index (χ3n) is 5.46. The van der Waals surface area contributed by atoms with Crippen LogP contribution in [0.1, 0.15) is 25.3 Å². The van der Waals surface area contributed by atoms with Crippen LogP contribution in [0.4, 0.5) is 0 Å². The zero-order valence-electron chi connectivity index (χ0n) is 12.3. The lowest BCUT2D eigenvalue weighted by Gasteiger charge is -2.31. The maximum Gasteiger partial charge on any atom is 0.296 e. The Bertz CT molecular complexity index is 666. The number of rotatable bonds is 4. The third-order valence-corrected chi connectivity index (χ3v) is 6.73. The second kappa shape index (κ2) is 4.31. The Balaban J connectivity index is 1.48. The van der Waals surface area contributed by atoms with E-state index in [2.05, 4.69) is 6.92 Å². The van der Waals surface area contributed by atoms with E-state index < -0.39 is 10.1 Å². The molecule has 1 aliphatic heterocycles. The molecule has 0 N–H and O–H groups in total. The number of epoxide rings is 1. The minimum absolute atomic E-state index is 0.0693. The fourth-order valence-corrected chi connectivity index (χ4v) is 5.25. The van der Waals surface area contributed by atoms with Gasteiger partial charge in [-0.3, -0.25) is 4.18 Å². The molecule has 114 valence electrons. The van der Waals surface area contributed by atoms with E-state index in [4.69, 9.17) is 8.92 Å². The Morgan fingerprint density at radius 1 is 1.29 bits per heavy atom. The van der Waals surface area contributed by atoms with E-state index in [1.54, 1.807) is 24.3 Å². The molecule has 0 spiro atoms. The molecule has 2 saturated carbocycles. The number of aryl methyl sites for hydroxylation is 1. The molecule has 2 bridgehead atoms. The van der Waals surface area contributed by atoms with Crippen LogP contribution in [0.2, 0.25) is 0 Å². The molecule has 1 saturated heterocycles. The Morgan fingerprint density at radius 2 is 2.00 bits per heavy atom. The molecule has 4 nitrogen and oxygen atoms in total. The van der Waals surface area contributed by atoms with Crippen molar-refractivity contribution in [2.24, 2.45) is 17.3 Å². The molecule has 4 rings (SSSR count). The van der Waals surface area contributed by atoms with Gasteiger partial charge >= 0.3 is 0 Å². The van der Waals surface area contributed by atoms with Crippen molar-refractivity contribution >= 4 is 10.1 Å². The molecular weight excluding hydrogens is 288 g/mol. The molecule has 21 heavy (non-hydrogen) atoms. The van der Waals surface area contributed by atoms with Gasteiger partial charge in [0.2, 0.25) is 0 Å². The summed E-state index contributed by atoms with van der Waals surface area (Å²) >= 11 is 0. The van der Waals surface area contributed by atoms with Gasteiger partial charge in [0, 0.05) is 0 Å². The van der Waals surface area contributed by atoms with Crippen LogP contribution in [0.25, 0.3) is 0 Å². The molecule has 0 unspecified atom stereocenters. The van der Waals surface area contributed by atoms with E-state index in [-0.39, 0.29) is 16.9 Å². The minimum Gasteiger partial charge on any atom is -0.369 e. The predicted molar refractivity (Wildman–Crippen MR) is 77.3 cm³/mol. The van der Waals surface area contributed by atoms with E-state index in [0.717, 1.165) is 12.0 Å². The van der Waals surface area contributed by atoms with Crippen LogP contribution in [0.15, 0.2) is 29.2 Å². The normalized spacial score (nSPS) is 40.3. The van der Waals surface area contributed by atoms with E-state index in [1.807, 2.05) is 6.92 Å². The zero-order valence-corrected chi connectivity index (χ0v) is 13.1. The molecule has 5 atom stereocenters. The highest BCUT2D eigenvalue weighted by atomic mass is 32.2. The monoisotopic (exact) mass is 308 g/mol. The second-order valence-electron chi connectivity index (χ2n) is 7.06. The lowest BCUT2D eigenvalue weighted by Crippen LogP contribution is -2.34. The van der Waals surface area contributed by atoms with Crippen molar-refractivity contribution in [2.45, 2.75) is 43.8 Å². The third kappa shape index (κ3) is 2.14. The number of ether oxygens (including phenoxy) is 1. The van der Waals surface area contributed by atoms with Crippen LogP contribution in [-0.4, -0.2) is 27.2 Å². The predicted octanol–water partition coefficient (Wildman–Crippen LogP) is 2.51. The van der Waals surface area contributed by atoms with Crippen molar-refractivity contribution in [2.75, 3.05) is 6.61 Å². The summed E-state index contributed by atoms with van der Waals surface area (Å²) in [6.07, 6.45) is 3.00. The van der Waals surface area contributed by atoms with Crippen LogP contribution >= 0.6 is 0 Å². The molecule has 1 aromatic carbocycles. The molecule has 5 heteroatoms. The van der Waals surface area contributed by atoms with Crippen LogP contribution in [-0.2, 0) is 19.0 Å². The first-order valence-corrected chi connectivity index (χ1v) is 8.91. The molecular formula is C16H20O4S. The van der Waals surface area contributed by atoms with Crippen LogP contribution in [0.3, 0.4) is 0 Å². The molecule has 3 aliphatic rings. The standard InChI is InChI=1S/C16H20O4S/c1-10-3-5-12(6-4-10)21(17,18)19-9-16(2)8-11-7-13(16)15-14(11)20-15/h3-6,11,13-15H,7-9H2,1-2H3/t11-,13+,14+,15+,16+/m1/s1. The van der Waals surface area contributed by atoms with Crippen LogP contribution in [0, 0.1) is 24.2 Å². The quantitative estimate of drug-likeness (QED) is 0.633. The lowest BCUT2D eigenvalue weighted by molar-refractivity contribution is 0.102. The van der Waals surface area contributed by atoms with E-state index in [9.17, 15) is 8.42 Å². The molecule has 2 aliphatic carbocycles. The van der Waals surface area contributed by atoms with Crippen molar-refractivity contribution < 1.29 is 17.3 Å². The molecule has 1 aromatic rings. The first-order chi connectivity index (χ1) is 9.89. The van der Waals surface area contributed by atoms with Crippen LogP contribution in [0.5, 0.6) is 0 Å². The van der Waals surface area contributed by atoms with Gasteiger partial charge in [0.05, 0.1) is 23.7 Å². The summed E-state index contributed by atoms with van der Waals surface area (Å²) in [6.45, 7) is 4.33. The largest absolute Gasteiger partial charge is 0.369 e. The average Bonchev–Trinajstić information content (AvgIpc) is 3.08. The Labute approximate surface area is 125 Å². The summed E-state index contributed by atoms with van der Waals surface area (Å²) in [6, 6.07) is 6.79. The summed E-state index contributed by atoms with van der Waals surface area (Å²) in [5.41, 5.74) is 0.964. The van der Waals surface area contributed by atoms with Gasteiger partial charge in [0.25, 0.3) is 10.1 Å². The Morgan fingerprint density at radius 3 is 2.62 bits per heavy atom. The first kappa shape index (κ1) is 13.7. The maximum absolute atomic E-state index is 12.3. The highest BCUT2D eigenvalue weighted by molar-refractivity contribution is 7.86. The minimum atomic E-state index is -3.66. The highest BCUT2D eigenvalue weighted by Gasteiger charge is 2.67. The van der Waals surface area contributed by atoms with E-state index in [0.29, 0.717) is 24.0 Å². The van der Waals surface area contributed by atoms with Gasteiger partial charge in [0.1, 0.15) is 0 Å². The average molecular weight is 308 g/mol. The highest BCUT2D eigenvalue weighted by Crippen LogP contribution is 2.64. The summed E-state index contributed by atoms with van der Waals surface area (Å²) in [5.74, 6) is 1.07. The van der Waals surface area contributed by atoms with E-state index >= 15 is 0 Å². The maximum atomic E-state index is 12.3. The fraction of sp³-hybridized carbons (Fsp3) is 0.625. The number of hydrogen-bond donors (Lipinski definition) is 0. The second-order valence-corrected chi connectivity index (χ2v) is 8.67. The van der Waals surface area contributed by atoms with Crippen molar-refractivity contribution in [1.82, 2.24) is 0 Å². The van der Waals surface area contributed by atoms with Gasteiger partial charge in [-0.05, 0) is 49.1 Å². The molecule has 3 fully saturated rings. The van der Waals surface area contributed by atoms with Gasteiger partial charge in [-0.1, -0.05) is 24.6 Å². The van der Waals surface area contributed by atoms with Gasteiger partial charge in [0.15, 0.2) is 0 Å². The number of benzene rings is 1. The number of hydrogen-bond acceptors (Lipinski definition) is 4. The topological polar surface area (TPSA) is 55.9 Å². The number of fused-ring (bicyclic) bond motifs is 5.